The van der Waals surface area contributed by atoms with Crippen LogP contribution in [0.5, 0.6) is 0 Å². The highest BCUT2D eigenvalue weighted by atomic mass is 32.2. The highest BCUT2D eigenvalue weighted by Gasteiger charge is 2.26. The zero-order chi connectivity index (χ0) is 15.2. The van der Waals surface area contributed by atoms with Gasteiger partial charge in [-0.3, -0.25) is 5.10 Å². The number of aromatic nitrogens is 2. The standard InChI is InChI=1S/C11H19N3O4S2/c1-4-18-11(15)9-7-12-13-10(9)20(16,17)14-8(2)5-6-19-3/h7-8,14H,4-6H2,1-3H3,(H,12,13). The van der Waals surface area contributed by atoms with E-state index in [0.29, 0.717) is 6.42 Å². The summed E-state index contributed by atoms with van der Waals surface area (Å²) in [5.41, 5.74) is -0.0867. The highest BCUT2D eigenvalue weighted by Crippen LogP contribution is 2.14. The maximum atomic E-state index is 12.2. The Balaban J connectivity index is 2.88. The molecule has 0 fully saturated rings. The summed E-state index contributed by atoms with van der Waals surface area (Å²) < 4.78 is 31.7. The molecule has 1 heterocycles. The first-order valence-corrected chi connectivity index (χ1v) is 9.01. The molecule has 0 amide bonds. The van der Waals surface area contributed by atoms with Crippen molar-refractivity contribution in [3.05, 3.63) is 11.8 Å². The summed E-state index contributed by atoms with van der Waals surface area (Å²) in [7, 11) is -3.82. The molecule has 1 unspecified atom stereocenters. The molecule has 2 N–H and O–H groups in total. The second kappa shape index (κ2) is 7.65. The van der Waals surface area contributed by atoms with Crippen LogP contribution in [0.1, 0.15) is 30.6 Å². The third-order valence-electron chi connectivity index (χ3n) is 2.48. The van der Waals surface area contributed by atoms with E-state index in [2.05, 4.69) is 14.9 Å². The number of hydrogen-bond acceptors (Lipinski definition) is 6. The number of aromatic amines is 1. The molecule has 0 aromatic carbocycles. The van der Waals surface area contributed by atoms with Crippen LogP contribution in [0.25, 0.3) is 0 Å². The minimum atomic E-state index is -3.82. The van der Waals surface area contributed by atoms with Gasteiger partial charge in [-0.25, -0.2) is 17.9 Å². The average molecular weight is 321 g/mol. The van der Waals surface area contributed by atoms with Crippen LogP contribution in [0.3, 0.4) is 0 Å². The molecule has 1 atom stereocenters. The van der Waals surface area contributed by atoms with Gasteiger partial charge in [-0.2, -0.15) is 16.9 Å². The molecule has 1 aromatic heterocycles. The molecule has 0 aliphatic rings. The molecule has 0 saturated heterocycles. The van der Waals surface area contributed by atoms with E-state index in [-0.39, 0.29) is 23.2 Å². The number of hydrogen-bond donors (Lipinski definition) is 2. The Hall–Kier alpha value is -1.06. The predicted octanol–water partition coefficient (Wildman–Crippen LogP) is 1.01. The van der Waals surface area contributed by atoms with Crippen LogP contribution in [0.15, 0.2) is 11.2 Å². The lowest BCUT2D eigenvalue weighted by Gasteiger charge is -2.13. The van der Waals surface area contributed by atoms with E-state index in [4.69, 9.17) is 4.74 Å². The molecule has 20 heavy (non-hydrogen) atoms. The average Bonchev–Trinajstić information content (AvgIpc) is 2.86. The number of carbonyl (C=O) groups is 1. The molecule has 0 bridgehead atoms. The fourth-order valence-electron chi connectivity index (χ4n) is 1.51. The normalized spacial score (nSPS) is 13.2. The third-order valence-corrected chi connectivity index (χ3v) is 4.69. The van der Waals surface area contributed by atoms with Crippen LogP contribution < -0.4 is 4.72 Å². The number of thioether (sulfide) groups is 1. The molecule has 1 aromatic rings. The van der Waals surface area contributed by atoms with E-state index in [0.717, 1.165) is 11.9 Å². The van der Waals surface area contributed by atoms with Gasteiger partial charge in [0, 0.05) is 6.04 Å². The number of esters is 1. The smallest absolute Gasteiger partial charge is 0.342 e. The van der Waals surface area contributed by atoms with Crippen LogP contribution in [-0.2, 0) is 14.8 Å². The molecule has 0 spiro atoms. The summed E-state index contributed by atoms with van der Waals surface area (Å²) in [6.45, 7) is 3.59. The van der Waals surface area contributed by atoms with Crippen LogP contribution in [0, 0.1) is 0 Å². The maximum Gasteiger partial charge on any atom is 0.342 e. The lowest BCUT2D eigenvalue weighted by molar-refractivity contribution is 0.0522. The van der Waals surface area contributed by atoms with Gasteiger partial charge in [0.15, 0.2) is 5.03 Å². The molecule has 7 nitrogen and oxygen atoms in total. The topological polar surface area (TPSA) is 101 Å². The molecule has 0 radical (unpaired) electrons. The van der Waals surface area contributed by atoms with E-state index in [1.54, 1.807) is 25.6 Å². The summed E-state index contributed by atoms with van der Waals surface area (Å²) in [5, 5.41) is 5.69. The molecule has 114 valence electrons. The Morgan fingerprint density at radius 2 is 2.30 bits per heavy atom. The minimum absolute atomic E-state index is 0.0867. The Bertz CT molecular complexity index is 542. The SMILES string of the molecule is CCOC(=O)c1cn[nH]c1S(=O)(=O)NC(C)CCSC. The van der Waals surface area contributed by atoms with Gasteiger partial charge in [0.2, 0.25) is 0 Å². The van der Waals surface area contributed by atoms with Crippen LogP contribution in [-0.4, -0.2) is 49.2 Å². The molecule has 0 aliphatic carbocycles. The van der Waals surface area contributed by atoms with Crippen molar-refractivity contribution in [1.29, 1.82) is 0 Å². The number of nitrogens with zero attached hydrogens (tertiary/aromatic N) is 1. The summed E-state index contributed by atoms with van der Waals surface area (Å²) in [6, 6.07) is -0.231. The van der Waals surface area contributed by atoms with E-state index >= 15 is 0 Å². The Labute approximate surface area is 122 Å². The molecule has 9 heteroatoms. The van der Waals surface area contributed by atoms with Crippen molar-refractivity contribution < 1.29 is 17.9 Å². The predicted molar refractivity (Wildman–Crippen MR) is 77.3 cm³/mol. The zero-order valence-corrected chi connectivity index (χ0v) is 13.3. The minimum Gasteiger partial charge on any atom is -0.462 e. The van der Waals surface area contributed by atoms with Crippen molar-refractivity contribution in [3.8, 4) is 0 Å². The van der Waals surface area contributed by atoms with Crippen LogP contribution in [0.2, 0.25) is 0 Å². The van der Waals surface area contributed by atoms with Crippen molar-refractivity contribution in [3.63, 3.8) is 0 Å². The first-order chi connectivity index (χ1) is 9.42. The van der Waals surface area contributed by atoms with Gasteiger partial charge in [-0.15, -0.1) is 0 Å². The number of nitrogens with one attached hydrogen (secondary N) is 2. The first-order valence-electron chi connectivity index (χ1n) is 6.14. The van der Waals surface area contributed by atoms with E-state index < -0.39 is 16.0 Å². The maximum absolute atomic E-state index is 12.2. The number of rotatable bonds is 8. The van der Waals surface area contributed by atoms with Gasteiger partial charge in [0.1, 0.15) is 5.56 Å². The second-order valence-electron chi connectivity index (χ2n) is 4.14. The quantitative estimate of drug-likeness (QED) is 0.693. The summed E-state index contributed by atoms with van der Waals surface area (Å²) in [6.07, 6.45) is 3.80. The van der Waals surface area contributed by atoms with E-state index in [9.17, 15) is 13.2 Å². The third kappa shape index (κ3) is 4.50. The highest BCUT2D eigenvalue weighted by molar-refractivity contribution is 7.98. The van der Waals surface area contributed by atoms with Gasteiger partial charge < -0.3 is 4.74 Å². The Morgan fingerprint density at radius 1 is 1.60 bits per heavy atom. The fourth-order valence-corrected chi connectivity index (χ4v) is 3.46. The largest absolute Gasteiger partial charge is 0.462 e. The number of sulfonamides is 1. The summed E-state index contributed by atoms with van der Waals surface area (Å²) in [4.78, 5) is 11.7. The second-order valence-corrected chi connectivity index (χ2v) is 6.77. The van der Waals surface area contributed by atoms with Gasteiger partial charge in [-0.1, -0.05) is 0 Å². The van der Waals surface area contributed by atoms with E-state index in [1.807, 2.05) is 6.26 Å². The summed E-state index contributed by atoms with van der Waals surface area (Å²) >= 11 is 1.64. The lowest BCUT2D eigenvalue weighted by Crippen LogP contribution is -2.34. The van der Waals surface area contributed by atoms with Gasteiger partial charge in [-0.05, 0) is 32.3 Å². The van der Waals surface area contributed by atoms with Gasteiger partial charge in [0.05, 0.1) is 12.8 Å². The first kappa shape index (κ1) is 17.0. The monoisotopic (exact) mass is 321 g/mol. The number of ether oxygens (including phenoxy) is 1. The molecule has 0 saturated carbocycles. The summed E-state index contributed by atoms with van der Waals surface area (Å²) in [5.74, 6) is 0.135. The van der Waals surface area contributed by atoms with Crippen molar-refractivity contribution in [1.82, 2.24) is 14.9 Å². The molecule has 1 rings (SSSR count). The molecule has 0 aliphatic heterocycles. The van der Waals surface area contributed by atoms with Gasteiger partial charge >= 0.3 is 5.97 Å². The van der Waals surface area contributed by atoms with Crippen molar-refractivity contribution in [2.75, 3.05) is 18.6 Å². The lowest BCUT2D eigenvalue weighted by atomic mass is 10.3. The fraction of sp³-hybridized carbons (Fsp3) is 0.636. The number of carbonyl (C=O) groups excluding carboxylic acids is 1. The van der Waals surface area contributed by atoms with E-state index in [1.165, 1.54) is 0 Å². The Morgan fingerprint density at radius 3 is 2.90 bits per heavy atom. The van der Waals surface area contributed by atoms with Gasteiger partial charge in [0.25, 0.3) is 10.0 Å². The van der Waals surface area contributed by atoms with Crippen molar-refractivity contribution >= 4 is 27.8 Å². The van der Waals surface area contributed by atoms with Crippen molar-refractivity contribution in [2.24, 2.45) is 0 Å². The van der Waals surface area contributed by atoms with Crippen molar-refractivity contribution in [2.45, 2.75) is 31.3 Å². The zero-order valence-electron chi connectivity index (χ0n) is 11.7. The number of H-pyrrole nitrogens is 1. The Kier molecular flexibility index (Phi) is 6.50. The van der Waals surface area contributed by atoms with Crippen LogP contribution in [0.4, 0.5) is 0 Å². The molecular formula is C11H19N3O4S2. The molecular weight excluding hydrogens is 302 g/mol. The van der Waals surface area contributed by atoms with Crippen LogP contribution >= 0.6 is 11.8 Å².